The second kappa shape index (κ2) is 3.96. The topological polar surface area (TPSA) is 37.3 Å². The van der Waals surface area contributed by atoms with Crippen LogP contribution in [-0.2, 0) is 6.61 Å². The third kappa shape index (κ3) is 1.47. The first-order valence-corrected chi connectivity index (χ1v) is 5.93. The summed E-state index contributed by atoms with van der Waals surface area (Å²) in [6.45, 7) is 0.0201. The SMILES string of the molecule is O=Cc1c(I)sc2c(CO)cccc12. The van der Waals surface area contributed by atoms with E-state index in [4.69, 9.17) is 5.11 Å². The molecule has 1 N–H and O–H groups in total. The van der Waals surface area contributed by atoms with Crippen LogP contribution in [0.3, 0.4) is 0 Å². The monoisotopic (exact) mass is 318 g/mol. The first kappa shape index (κ1) is 10.1. The third-order valence-corrected chi connectivity index (χ3v) is 4.41. The highest BCUT2D eigenvalue weighted by molar-refractivity contribution is 14.1. The van der Waals surface area contributed by atoms with E-state index in [1.165, 1.54) is 0 Å². The Morgan fingerprint density at radius 1 is 1.50 bits per heavy atom. The van der Waals surface area contributed by atoms with E-state index < -0.39 is 0 Å². The van der Waals surface area contributed by atoms with Gasteiger partial charge in [0.2, 0.25) is 0 Å². The molecule has 72 valence electrons. The van der Waals surface area contributed by atoms with Crippen molar-refractivity contribution in [2.45, 2.75) is 6.61 Å². The van der Waals surface area contributed by atoms with Gasteiger partial charge in [-0.05, 0) is 28.2 Å². The number of aliphatic hydroxyl groups is 1. The minimum atomic E-state index is 0.0201. The van der Waals surface area contributed by atoms with Gasteiger partial charge in [-0.2, -0.15) is 0 Å². The van der Waals surface area contributed by atoms with Crippen molar-refractivity contribution in [1.82, 2.24) is 0 Å². The molecule has 0 aliphatic heterocycles. The van der Waals surface area contributed by atoms with Crippen molar-refractivity contribution in [1.29, 1.82) is 0 Å². The predicted molar refractivity (Wildman–Crippen MR) is 65.9 cm³/mol. The molecule has 0 saturated carbocycles. The molecule has 0 atom stereocenters. The number of fused-ring (bicyclic) bond motifs is 1. The molecule has 1 aromatic heterocycles. The Morgan fingerprint density at radius 2 is 2.29 bits per heavy atom. The number of carbonyl (C=O) groups excluding carboxylic acids is 1. The van der Waals surface area contributed by atoms with Gasteiger partial charge in [-0.25, -0.2) is 0 Å². The third-order valence-electron chi connectivity index (χ3n) is 2.08. The highest BCUT2D eigenvalue weighted by atomic mass is 127. The Bertz CT molecular complexity index is 490. The lowest BCUT2D eigenvalue weighted by Crippen LogP contribution is -1.83. The molecule has 0 spiro atoms. The quantitative estimate of drug-likeness (QED) is 0.683. The molecule has 0 amide bonds. The minimum absolute atomic E-state index is 0.0201. The maximum atomic E-state index is 10.8. The normalized spacial score (nSPS) is 10.7. The molecule has 4 heteroatoms. The number of benzene rings is 1. The zero-order chi connectivity index (χ0) is 10.1. The average molecular weight is 318 g/mol. The first-order valence-electron chi connectivity index (χ1n) is 4.04. The van der Waals surface area contributed by atoms with E-state index in [9.17, 15) is 4.79 Å². The summed E-state index contributed by atoms with van der Waals surface area (Å²) in [5, 5.41) is 10.1. The van der Waals surface area contributed by atoms with Crippen molar-refractivity contribution in [3.63, 3.8) is 0 Å². The number of halogens is 1. The van der Waals surface area contributed by atoms with Gasteiger partial charge in [-0.15, -0.1) is 11.3 Å². The minimum Gasteiger partial charge on any atom is -0.392 e. The van der Waals surface area contributed by atoms with Gasteiger partial charge in [-0.3, -0.25) is 4.79 Å². The van der Waals surface area contributed by atoms with Crippen LogP contribution >= 0.6 is 33.9 Å². The first-order chi connectivity index (χ1) is 6.77. The fourth-order valence-corrected chi connectivity index (χ4v) is 3.48. The van der Waals surface area contributed by atoms with Crippen molar-refractivity contribution in [2.24, 2.45) is 0 Å². The van der Waals surface area contributed by atoms with Gasteiger partial charge in [0, 0.05) is 15.6 Å². The van der Waals surface area contributed by atoms with Gasteiger partial charge >= 0.3 is 0 Å². The fraction of sp³-hybridized carbons (Fsp3) is 0.100. The van der Waals surface area contributed by atoms with Gasteiger partial charge in [0.25, 0.3) is 0 Å². The van der Waals surface area contributed by atoms with E-state index in [-0.39, 0.29) is 6.61 Å². The molecule has 0 aliphatic rings. The van der Waals surface area contributed by atoms with Crippen LogP contribution in [0.2, 0.25) is 0 Å². The fourth-order valence-electron chi connectivity index (χ4n) is 1.40. The summed E-state index contributed by atoms with van der Waals surface area (Å²) in [6.07, 6.45) is 0.877. The summed E-state index contributed by atoms with van der Waals surface area (Å²) < 4.78 is 2.00. The van der Waals surface area contributed by atoms with Crippen LogP contribution in [0.5, 0.6) is 0 Å². The number of carbonyl (C=O) groups is 1. The molecule has 2 rings (SSSR count). The number of aliphatic hydroxyl groups excluding tert-OH is 1. The van der Waals surface area contributed by atoms with Crippen LogP contribution in [-0.4, -0.2) is 11.4 Å². The van der Waals surface area contributed by atoms with Crippen LogP contribution in [0.4, 0.5) is 0 Å². The van der Waals surface area contributed by atoms with Crippen LogP contribution in [0.25, 0.3) is 10.1 Å². The molecule has 0 saturated heterocycles. The molecule has 2 aromatic rings. The Morgan fingerprint density at radius 3 is 2.93 bits per heavy atom. The maximum absolute atomic E-state index is 10.8. The second-order valence-corrected chi connectivity index (χ2v) is 5.69. The Kier molecular flexibility index (Phi) is 2.85. The predicted octanol–water partition coefficient (Wildman–Crippen LogP) is 2.81. The van der Waals surface area contributed by atoms with Crippen molar-refractivity contribution in [2.75, 3.05) is 0 Å². The van der Waals surface area contributed by atoms with Gasteiger partial charge in [0.15, 0.2) is 6.29 Å². The molecular formula is C10H7IO2S. The summed E-state index contributed by atoms with van der Waals surface area (Å²) in [7, 11) is 0. The maximum Gasteiger partial charge on any atom is 0.152 e. The van der Waals surface area contributed by atoms with E-state index in [0.29, 0.717) is 0 Å². The van der Waals surface area contributed by atoms with Crippen LogP contribution < -0.4 is 0 Å². The number of hydrogen-bond donors (Lipinski definition) is 1. The molecule has 0 fully saturated rings. The van der Waals surface area contributed by atoms with Gasteiger partial charge in [0.05, 0.1) is 9.49 Å². The van der Waals surface area contributed by atoms with E-state index in [1.807, 2.05) is 18.2 Å². The van der Waals surface area contributed by atoms with Crippen molar-refractivity contribution in [3.05, 3.63) is 32.2 Å². The molecular weight excluding hydrogens is 311 g/mol. The number of thiophene rings is 1. The summed E-state index contributed by atoms with van der Waals surface area (Å²) in [5.41, 5.74) is 1.62. The zero-order valence-corrected chi connectivity index (χ0v) is 10.1. The van der Waals surface area contributed by atoms with Crippen molar-refractivity contribution in [3.8, 4) is 0 Å². The lowest BCUT2D eigenvalue weighted by Gasteiger charge is -1.96. The van der Waals surface area contributed by atoms with Crippen molar-refractivity contribution >= 4 is 50.3 Å². The summed E-state index contributed by atoms with van der Waals surface area (Å²) >= 11 is 3.70. The largest absolute Gasteiger partial charge is 0.392 e. The molecule has 0 radical (unpaired) electrons. The van der Waals surface area contributed by atoms with Gasteiger partial charge in [-0.1, -0.05) is 18.2 Å². The summed E-state index contributed by atoms with van der Waals surface area (Å²) in [4.78, 5) is 10.8. The van der Waals surface area contributed by atoms with E-state index in [2.05, 4.69) is 22.6 Å². The Labute approximate surface area is 98.7 Å². The second-order valence-electron chi connectivity index (χ2n) is 2.86. The standard InChI is InChI=1S/C10H7IO2S/c11-10-8(5-13)7-3-1-2-6(4-12)9(7)14-10/h1-3,5,12H,4H2. The van der Waals surface area contributed by atoms with Crippen LogP contribution in [0, 0.1) is 2.88 Å². The lowest BCUT2D eigenvalue weighted by molar-refractivity contribution is 0.112. The van der Waals surface area contributed by atoms with E-state index >= 15 is 0 Å². The lowest BCUT2D eigenvalue weighted by atomic mass is 10.1. The molecule has 1 heterocycles. The summed E-state index contributed by atoms with van der Waals surface area (Å²) in [6, 6.07) is 5.66. The van der Waals surface area contributed by atoms with Gasteiger partial charge < -0.3 is 5.11 Å². The molecule has 0 aliphatic carbocycles. The average Bonchev–Trinajstić information content (AvgIpc) is 2.52. The molecule has 14 heavy (non-hydrogen) atoms. The smallest absolute Gasteiger partial charge is 0.152 e. The zero-order valence-electron chi connectivity index (χ0n) is 7.16. The molecule has 2 nitrogen and oxygen atoms in total. The molecule has 1 aromatic carbocycles. The molecule has 0 bridgehead atoms. The van der Waals surface area contributed by atoms with Crippen LogP contribution in [0.1, 0.15) is 15.9 Å². The van der Waals surface area contributed by atoms with E-state index in [0.717, 1.165) is 30.4 Å². The number of aldehydes is 1. The Hall–Kier alpha value is -0.460. The number of hydrogen-bond acceptors (Lipinski definition) is 3. The van der Waals surface area contributed by atoms with Crippen LogP contribution in [0.15, 0.2) is 18.2 Å². The summed E-state index contributed by atoms with van der Waals surface area (Å²) in [5.74, 6) is 0. The van der Waals surface area contributed by atoms with E-state index in [1.54, 1.807) is 11.3 Å². The Balaban J connectivity index is 2.85. The highest BCUT2D eigenvalue weighted by Gasteiger charge is 2.11. The number of rotatable bonds is 2. The van der Waals surface area contributed by atoms with Crippen molar-refractivity contribution < 1.29 is 9.90 Å². The highest BCUT2D eigenvalue weighted by Crippen LogP contribution is 2.33. The molecule has 0 unspecified atom stereocenters. The van der Waals surface area contributed by atoms with Gasteiger partial charge in [0.1, 0.15) is 0 Å².